The van der Waals surface area contributed by atoms with E-state index in [1.807, 2.05) is 24.4 Å². The number of benzene rings is 1. The Hall–Kier alpha value is -1.52. The molecule has 5 heteroatoms. The highest BCUT2D eigenvalue weighted by Gasteiger charge is 2.16. The molecule has 0 aliphatic rings. The minimum Gasteiger partial charge on any atom is -0.493 e. The zero-order chi connectivity index (χ0) is 14.7. The Kier molecular flexibility index (Phi) is 4.68. The summed E-state index contributed by atoms with van der Waals surface area (Å²) in [6.45, 7) is 1.89. The molecule has 0 atom stereocenters. The summed E-state index contributed by atoms with van der Waals surface area (Å²) >= 11 is 7.50. The van der Waals surface area contributed by atoms with Gasteiger partial charge in [-0.2, -0.15) is 0 Å². The normalized spacial score (nSPS) is 10.4. The van der Waals surface area contributed by atoms with Gasteiger partial charge in [0.25, 0.3) is 0 Å². The molecule has 106 valence electrons. The van der Waals surface area contributed by atoms with E-state index < -0.39 is 0 Å². The number of thiophene rings is 1. The number of carbonyl (C=O) groups excluding carboxylic acids is 1. The van der Waals surface area contributed by atoms with Crippen LogP contribution in [0.25, 0.3) is 0 Å². The van der Waals surface area contributed by atoms with E-state index in [-0.39, 0.29) is 5.78 Å². The molecule has 1 aromatic heterocycles. The first-order valence-corrected chi connectivity index (χ1v) is 7.30. The van der Waals surface area contributed by atoms with Crippen LogP contribution < -0.4 is 9.47 Å². The smallest absolute Gasteiger partial charge is 0.178 e. The van der Waals surface area contributed by atoms with Crippen molar-refractivity contribution in [1.29, 1.82) is 0 Å². The SMILES string of the molecule is COc1ccc(CC(=O)c2scc(C)c2Cl)cc1OC. The standard InChI is InChI=1S/C15H15ClO3S/c1-9-8-20-15(14(9)16)11(17)6-10-4-5-12(18-2)13(7-10)19-3/h4-5,7-8H,6H2,1-3H3. The van der Waals surface area contributed by atoms with Crippen LogP contribution in [0.15, 0.2) is 23.6 Å². The summed E-state index contributed by atoms with van der Waals surface area (Å²) < 4.78 is 10.4. The van der Waals surface area contributed by atoms with Crippen molar-refractivity contribution in [3.05, 3.63) is 44.6 Å². The van der Waals surface area contributed by atoms with Crippen molar-refractivity contribution in [2.45, 2.75) is 13.3 Å². The fourth-order valence-electron chi connectivity index (χ4n) is 1.87. The predicted octanol–water partition coefficient (Wildman–Crippen LogP) is 4.15. The number of ketones is 1. The third-order valence-electron chi connectivity index (χ3n) is 2.97. The van der Waals surface area contributed by atoms with Crippen molar-refractivity contribution >= 4 is 28.7 Å². The number of hydrogen-bond donors (Lipinski definition) is 0. The van der Waals surface area contributed by atoms with Crippen LogP contribution in [0.4, 0.5) is 0 Å². The third-order valence-corrected chi connectivity index (χ3v) is 4.70. The average molecular weight is 311 g/mol. The van der Waals surface area contributed by atoms with Gasteiger partial charge in [-0.15, -0.1) is 11.3 Å². The van der Waals surface area contributed by atoms with Crippen molar-refractivity contribution < 1.29 is 14.3 Å². The van der Waals surface area contributed by atoms with Crippen molar-refractivity contribution in [3.63, 3.8) is 0 Å². The first kappa shape index (κ1) is 14.9. The highest BCUT2D eigenvalue weighted by molar-refractivity contribution is 7.13. The second-order valence-corrected chi connectivity index (χ2v) is 5.61. The summed E-state index contributed by atoms with van der Waals surface area (Å²) in [4.78, 5) is 12.9. The quantitative estimate of drug-likeness (QED) is 0.778. The molecular formula is C15H15ClO3S. The van der Waals surface area contributed by atoms with Crippen molar-refractivity contribution in [3.8, 4) is 11.5 Å². The molecule has 0 amide bonds. The van der Waals surface area contributed by atoms with E-state index in [0.29, 0.717) is 27.8 Å². The molecule has 20 heavy (non-hydrogen) atoms. The molecule has 0 fully saturated rings. The fraction of sp³-hybridized carbons (Fsp3) is 0.267. The number of methoxy groups -OCH3 is 2. The van der Waals surface area contributed by atoms with Gasteiger partial charge in [0.15, 0.2) is 17.3 Å². The summed E-state index contributed by atoms with van der Waals surface area (Å²) in [7, 11) is 3.15. The molecule has 0 radical (unpaired) electrons. The highest BCUT2D eigenvalue weighted by Crippen LogP contribution is 2.30. The van der Waals surface area contributed by atoms with Gasteiger partial charge >= 0.3 is 0 Å². The Labute approximate surface area is 127 Å². The number of halogens is 1. The number of hydrogen-bond acceptors (Lipinski definition) is 4. The lowest BCUT2D eigenvalue weighted by Crippen LogP contribution is -2.02. The number of rotatable bonds is 5. The molecule has 0 unspecified atom stereocenters. The second-order valence-electron chi connectivity index (χ2n) is 4.35. The van der Waals surface area contributed by atoms with Gasteiger partial charge in [0.2, 0.25) is 0 Å². The minimum atomic E-state index is 0.0142. The number of aryl methyl sites for hydroxylation is 1. The van der Waals surface area contributed by atoms with E-state index in [1.54, 1.807) is 20.3 Å². The molecule has 2 aromatic rings. The molecule has 0 aliphatic carbocycles. The maximum absolute atomic E-state index is 12.3. The van der Waals surface area contributed by atoms with E-state index >= 15 is 0 Å². The van der Waals surface area contributed by atoms with Gasteiger partial charge in [-0.25, -0.2) is 0 Å². The molecule has 0 bridgehead atoms. The van der Waals surface area contributed by atoms with E-state index in [4.69, 9.17) is 21.1 Å². The van der Waals surface area contributed by atoms with Gasteiger partial charge in [0.1, 0.15) is 0 Å². The molecule has 3 nitrogen and oxygen atoms in total. The Morgan fingerprint density at radius 2 is 1.95 bits per heavy atom. The summed E-state index contributed by atoms with van der Waals surface area (Å²) in [6, 6.07) is 5.46. The Balaban J connectivity index is 2.22. The monoisotopic (exact) mass is 310 g/mol. The number of ether oxygens (including phenoxy) is 2. The lowest BCUT2D eigenvalue weighted by molar-refractivity contribution is 0.0997. The average Bonchev–Trinajstić information content (AvgIpc) is 2.79. The Morgan fingerprint density at radius 1 is 1.25 bits per heavy atom. The maximum atomic E-state index is 12.3. The van der Waals surface area contributed by atoms with Crippen LogP contribution in [0.2, 0.25) is 5.02 Å². The Morgan fingerprint density at radius 3 is 2.50 bits per heavy atom. The van der Waals surface area contributed by atoms with Crippen LogP contribution >= 0.6 is 22.9 Å². The summed E-state index contributed by atoms with van der Waals surface area (Å²) in [5.41, 5.74) is 1.81. The lowest BCUT2D eigenvalue weighted by Gasteiger charge is -2.09. The van der Waals surface area contributed by atoms with E-state index in [9.17, 15) is 4.79 Å². The molecule has 0 saturated heterocycles. The van der Waals surface area contributed by atoms with Crippen molar-refractivity contribution in [2.24, 2.45) is 0 Å². The van der Waals surface area contributed by atoms with Gasteiger partial charge in [-0.1, -0.05) is 17.7 Å². The molecule has 0 spiro atoms. The summed E-state index contributed by atoms with van der Waals surface area (Å²) in [5, 5.41) is 2.45. The summed E-state index contributed by atoms with van der Waals surface area (Å²) in [5.74, 6) is 1.28. The molecular weight excluding hydrogens is 296 g/mol. The van der Waals surface area contributed by atoms with Crippen molar-refractivity contribution in [1.82, 2.24) is 0 Å². The first-order valence-electron chi connectivity index (χ1n) is 6.04. The molecule has 1 heterocycles. The van der Waals surface area contributed by atoms with Crippen LogP contribution in [-0.4, -0.2) is 20.0 Å². The van der Waals surface area contributed by atoms with Crippen LogP contribution in [0.5, 0.6) is 11.5 Å². The van der Waals surface area contributed by atoms with Gasteiger partial charge in [-0.05, 0) is 35.6 Å². The van der Waals surface area contributed by atoms with Crippen LogP contribution in [0.3, 0.4) is 0 Å². The topological polar surface area (TPSA) is 35.5 Å². The molecule has 1 aromatic carbocycles. The van der Waals surface area contributed by atoms with Gasteiger partial charge in [0.05, 0.1) is 24.1 Å². The molecule has 0 aliphatic heterocycles. The van der Waals surface area contributed by atoms with E-state index in [2.05, 4.69) is 0 Å². The second kappa shape index (κ2) is 6.29. The van der Waals surface area contributed by atoms with Crippen LogP contribution in [0.1, 0.15) is 20.8 Å². The van der Waals surface area contributed by atoms with Gasteiger partial charge in [0, 0.05) is 6.42 Å². The number of carbonyl (C=O) groups is 1. The zero-order valence-corrected chi connectivity index (χ0v) is 13.1. The van der Waals surface area contributed by atoms with E-state index in [1.165, 1.54) is 11.3 Å². The predicted molar refractivity (Wildman–Crippen MR) is 81.6 cm³/mol. The lowest BCUT2D eigenvalue weighted by atomic mass is 10.1. The minimum absolute atomic E-state index is 0.0142. The zero-order valence-electron chi connectivity index (χ0n) is 11.5. The molecule has 0 N–H and O–H groups in total. The fourth-order valence-corrected chi connectivity index (χ4v) is 3.11. The Bertz CT molecular complexity index is 634. The molecule has 2 rings (SSSR count). The number of Topliss-reactive ketones (excluding diaryl/α,β-unsaturated/α-hetero) is 1. The maximum Gasteiger partial charge on any atom is 0.178 e. The van der Waals surface area contributed by atoms with Gasteiger partial charge < -0.3 is 9.47 Å². The third kappa shape index (κ3) is 2.97. The first-order chi connectivity index (χ1) is 9.56. The largest absolute Gasteiger partial charge is 0.493 e. The molecule has 0 saturated carbocycles. The highest BCUT2D eigenvalue weighted by atomic mass is 35.5. The van der Waals surface area contributed by atoms with E-state index in [0.717, 1.165) is 11.1 Å². The van der Waals surface area contributed by atoms with Crippen molar-refractivity contribution in [2.75, 3.05) is 14.2 Å². The van der Waals surface area contributed by atoms with Gasteiger partial charge in [-0.3, -0.25) is 4.79 Å². The summed E-state index contributed by atoms with van der Waals surface area (Å²) in [6.07, 6.45) is 0.292. The van der Waals surface area contributed by atoms with Crippen LogP contribution in [0, 0.1) is 6.92 Å². The van der Waals surface area contributed by atoms with Crippen LogP contribution in [-0.2, 0) is 6.42 Å².